The summed E-state index contributed by atoms with van der Waals surface area (Å²) in [6.07, 6.45) is 11.4. The van der Waals surface area contributed by atoms with Gasteiger partial charge in [-0.05, 0) is 18.8 Å². The molecule has 1 heterocycles. The Labute approximate surface area is 98.1 Å². The van der Waals surface area contributed by atoms with Gasteiger partial charge >= 0.3 is 0 Å². The second-order valence-corrected chi connectivity index (χ2v) is 5.03. The van der Waals surface area contributed by atoms with E-state index in [0.29, 0.717) is 6.04 Å². The molecular formula is C13H23N3. The van der Waals surface area contributed by atoms with Crippen molar-refractivity contribution in [1.82, 2.24) is 9.55 Å². The van der Waals surface area contributed by atoms with Gasteiger partial charge in [0, 0.05) is 31.4 Å². The predicted molar refractivity (Wildman–Crippen MR) is 66.2 cm³/mol. The highest BCUT2D eigenvalue weighted by atomic mass is 15.1. The molecule has 1 unspecified atom stereocenters. The van der Waals surface area contributed by atoms with Crippen molar-refractivity contribution in [2.45, 2.75) is 58.0 Å². The summed E-state index contributed by atoms with van der Waals surface area (Å²) >= 11 is 0. The first-order chi connectivity index (χ1) is 7.79. The van der Waals surface area contributed by atoms with Gasteiger partial charge in [0.15, 0.2) is 0 Å². The van der Waals surface area contributed by atoms with Crippen LogP contribution < -0.4 is 5.73 Å². The van der Waals surface area contributed by atoms with Crippen molar-refractivity contribution in [2.75, 3.05) is 0 Å². The van der Waals surface area contributed by atoms with E-state index in [1.54, 1.807) is 0 Å². The van der Waals surface area contributed by atoms with E-state index in [1.165, 1.54) is 25.7 Å². The Morgan fingerprint density at radius 2 is 2.38 bits per heavy atom. The summed E-state index contributed by atoms with van der Waals surface area (Å²) in [6.45, 7) is 3.25. The number of rotatable bonds is 6. The molecule has 16 heavy (non-hydrogen) atoms. The lowest BCUT2D eigenvalue weighted by Crippen LogP contribution is -2.29. The minimum absolute atomic E-state index is 0.295. The summed E-state index contributed by atoms with van der Waals surface area (Å²) in [6, 6.07) is 0.295. The smallest absolute Gasteiger partial charge is 0.110 e. The van der Waals surface area contributed by atoms with Crippen LogP contribution in [0.3, 0.4) is 0 Å². The van der Waals surface area contributed by atoms with E-state index in [2.05, 4.69) is 22.7 Å². The van der Waals surface area contributed by atoms with Gasteiger partial charge in [-0.3, -0.25) is 0 Å². The summed E-state index contributed by atoms with van der Waals surface area (Å²) in [7, 11) is 0. The third-order valence-electron chi connectivity index (χ3n) is 3.57. The molecular weight excluding hydrogens is 198 g/mol. The summed E-state index contributed by atoms with van der Waals surface area (Å²) in [4.78, 5) is 4.41. The first-order valence-electron chi connectivity index (χ1n) is 6.55. The molecule has 0 aromatic carbocycles. The topological polar surface area (TPSA) is 43.8 Å². The minimum Gasteiger partial charge on any atom is -0.335 e. The van der Waals surface area contributed by atoms with Crippen LogP contribution in [0.4, 0.5) is 0 Å². The van der Waals surface area contributed by atoms with Crippen LogP contribution >= 0.6 is 0 Å². The summed E-state index contributed by atoms with van der Waals surface area (Å²) in [5.41, 5.74) is 6.19. The molecule has 0 aliphatic heterocycles. The number of nitrogens with zero attached hydrogens (tertiary/aromatic N) is 2. The van der Waals surface area contributed by atoms with Gasteiger partial charge in [-0.2, -0.15) is 0 Å². The van der Waals surface area contributed by atoms with Crippen LogP contribution in [0.25, 0.3) is 0 Å². The van der Waals surface area contributed by atoms with E-state index >= 15 is 0 Å². The average molecular weight is 221 g/mol. The van der Waals surface area contributed by atoms with Gasteiger partial charge in [0.2, 0.25) is 0 Å². The predicted octanol–water partition coefficient (Wildman–Crippen LogP) is 2.35. The highest BCUT2D eigenvalue weighted by Crippen LogP contribution is 2.30. The zero-order valence-electron chi connectivity index (χ0n) is 10.2. The van der Waals surface area contributed by atoms with E-state index < -0.39 is 0 Å². The molecule has 1 aromatic heterocycles. The van der Waals surface area contributed by atoms with Crippen LogP contribution in [-0.4, -0.2) is 15.6 Å². The Balaban J connectivity index is 1.84. The fraction of sp³-hybridized carbons (Fsp3) is 0.769. The molecule has 90 valence electrons. The molecule has 3 heteroatoms. The van der Waals surface area contributed by atoms with Crippen LogP contribution in [0.5, 0.6) is 0 Å². The van der Waals surface area contributed by atoms with Crippen molar-refractivity contribution in [3.8, 4) is 0 Å². The van der Waals surface area contributed by atoms with Gasteiger partial charge < -0.3 is 10.3 Å². The molecule has 0 spiro atoms. The number of aromatic nitrogens is 2. The maximum Gasteiger partial charge on any atom is 0.110 e. The van der Waals surface area contributed by atoms with E-state index in [4.69, 9.17) is 5.73 Å². The molecule has 0 bridgehead atoms. The molecule has 2 rings (SSSR count). The first kappa shape index (κ1) is 11.6. The Bertz CT molecular complexity index is 315. The second kappa shape index (κ2) is 5.48. The van der Waals surface area contributed by atoms with E-state index in [1.807, 2.05) is 6.20 Å². The molecule has 0 saturated heterocycles. The summed E-state index contributed by atoms with van der Waals surface area (Å²) in [5, 5.41) is 0. The van der Waals surface area contributed by atoms with Gasteiger partial charge in [0.25, 0.3) is 0 Å². The highest BCUT2D eigenvalue weighted by Gasteiger charge is 2.21. The fourth-order valence-electron chi connectivity index (χ4n) is 2.45. The number of nitrogens with two attached hydrogens (primary N) is 1. The van der Waals surface area contributed by atoms with Crippen molar-refractivity contribution in [3.05, 3.63) is 18.2 Å². The van der Waals surface area contributed by atoms with Gasteiger partial charge in [0.05, 0.1) is 0 Å². The lowest BCUT2D eigenvalue weighted by Gasteiger charge is -2.28. The molecule has 0 amide bonds. The number of aryl methyl sites for hydroxylation is 1. The Morgan fingerprint density at radius 1 is 1.56 bits per heavy atom. The normalized spacial score (nSPS) is 18.4. The van der Waals surface area contributed by atoms with E-state index in [9.17, 15) is 0 Å². The highest BCUT2D eigenvalue weighted by molar-refractivity contribution is 4.95. The van der Waals surface area contributed by atoms with Crippen molar-refractivity contribution in [3.63, 3.8) is 0 Å². The number of imidazole rings is 1. The van der Waals surface area contributed by atoms with Crippen molar-refractivity contribution in [2.24, 2.45) is 11.7 Å². The monoisotopic (exact) mass is 221 g/mol. The second-order valence-electron chi connectivity index (χ2n) is 5.03. The van der Waals surface area contributed by atoms with E-state index in [0.717, 1.165) is 31.1 Å². The fourth-order valence-corrected chi connectivity index (χ4v) is 2.45. The number of hydrogen-bond acceptors (Lipinski definition) is 2. The van der Waals surface area contributed by atoms with Gasteiger partial charge in [0.1, 0.15) is 5.82 Å². The SMILES string of the molecule is CCCn1ccnc1CC(N)CC1CCC1. The van der Waals surface area contributed by atoms with Gasteiger partial charge in [-0.25, -0.2) is 4.98 Å². The van der Waals surface area contributed by atoms with Crippen LogP contribution in [0.2, 0.25) is 0 Å². The lowest BCUT2D eigenvalue weighted by atomic mass is 9.80. The molecule has 0 radical (unpaired) electrons. The van der Waals surface area contributed by atoms with Crippen LogP contribution in [0, 0.1) is 5.92 Å². The average Bonchev–Trinajstić information content (AvgIpc) is 2.60. The molecule has 3 nitrogen and oxygen atoms in total. The zero-order chi connectivity index (χ0) is 11.4. The van der Waals surface area contributed by atoms with Crippen molar-refractivity contribution < 1.29 is 0 Å². The lowest BCUT2D eigenvalue weighted by molar-refractivity contribution is 0.274. The number of hydrogen-bond donors (Lipinski definition) is 1. The molecule has 1 aliphatic carbocycles. The van der Waals surface area contributed by atoms with Crippen LogP contribution in [0.15, 0.2) is 12.4 Å². The minimum atomic E-state index is 0.295. The summed E-state index contributed by atoms with van der Waals surface area (Å²) in [5.74, 6) is 2.05. The first-order valence-corrected chi connectivity index (χ1v) is 6.55. The standard InChI is InChI=1S/C13H23N3/c1-2-7-16-8-6-15-13(16)10-12(14)9-11-4-3-5-11/h6,8,11-12H,2-5,7,9-10,14H2,1H3. The Hall–Kier alpha value is -0.830. The van der Waals surface area contributed by atoms with Gasteiger partial charge in [-0.1, -0.05) is 26.2 Å². The third kappa shape index (κ3) is 2.85. The Morgan fingerprint density at radius 3 is 3.00 bits per heavy atom. The molecule has 2 N–H and O–H groups in total. The van der Waals surface area contributed by atoms with Crippen LogP contribution in [0.1, 0.15) is 44.9 Å². The summed E-state index contributed by atoms with van der Waals surface area (Å²) < 4.78 is 2.24. The quantitative estimate of drug-likeness (QED) is 0.801. The van der Waals surface area contributed by atoms with Crippen molar-refractivity contribution in [1.29, 1.82) is 0 Å². The van der Waals surface area contributed by atoms with Gasteiger partial charge in [-0.15, -0.1) is 0 Å². The largest absolute Gasteiger partial charge is 0.335 e. The Kier molecular flexibility index (Phi) is 3.99. The maximum atomic E-state index is 6.19. The van der Waals surface area contributed by atoms with Crippen LogP contribution in [-0.2, 0) is 13.0 Å². The third-order valence-corrected chi connectivity index (χ3v) is 3.57. The van der Waals surface area contributed by atoms with Crippen molar-refractivity contribution >= 4 is 0 Å². The molecule has 1 fully saturated rings. The zero-order valence-corrected chi connectivity index (χ0v) is 10.2. The molecule has 1 aliphatic rings. The molecule has 1 saturated carbocycles. The molecule has 1 atom stereocenters. The molecule has 1 aromatic rings. The maximum absolute atomic E-state index is 6.19. The van der Waals surface area contributed by atoms with E-state index in [-0.39, 0.29) is 0 Å².